The van der Waals surface area contributed by atoms with E-state index in [0.29, 0.717) is 11.4 Å². The van der Waals surface area contributed by atoms with Gasteiger partial charge in [0.05, 0.1) is 5.69 Å². The summed E-state index contributed by atoms with van der Waals surface area (Å²) in [5.41, 5.74) is 1.92. The van der Waals surface area contributed by atoms with Crippen LogP contribution in [0.25, 0.3) is 6.08 Å². The van der Waals surface area contributed by atoms with Gasteiger partial charge in [-0.15, -0.1) is 0 Å². The molecule has 0 spiro atoms. The third-order valence-corrected chi connectivity index (χ3v) is 2.72. The molecule has 0 aliphatic rings. The molecule has 0 atom stereocenters. The smallest absolute Gasteiger partial charge is 0.208 e. The van der Waals surface area contributed by atoms with Gasteiger partial charge >= 0.3 is 0 Å². The Balaban J connectivity index is 2.17. The van der Waals surface area contributed by atoms with Gasteiger partial charge in [-0.1, -0.05) is 34.1 Å². The number of aromatic amines is 1. The van der Waals surface area contributed by atoms with Crippen molar-refractivity contribution in [3.05, 3.63) is 51.8 Å². The molecule has 0 aliphatic carbocycles. The van der Waals surface area contributed by atoms with Crippen molar-refractivity contribution in [2.45, 2.75) is 6.92 Å². The maximum atomic E-state index is 11.8. The number of hydrogen-bond donors (Lipinski definition) is 1. The minimum atomic E-state index is -0.156. The van der Waals surface area contributed by atoms with Gasteiger partial charge in [-0.05, 0) is 30.7 Å². The lowest BCUT2D eigenvalue weighted by molar-refractivity contribution is 0.104. The maximum Gasteiger partial charge on any atom is 0.208 e. The van der Waals surface area contributed by atoms with Crippen LogP contribution in [0.4, 0.5) is 0 Å². The Kier molecular flexibility index (Phi) is 3.49. The van der Waals surface area contributed by atoms with Crippen molar-refractivity contribution < 1.29 is 4.79 Å². The quantitative estimate of drug-likeness (QED) is 0.699. The molecule has 1 heterocycles. The van der Waals surface area contributed by atoms with E-state index in [4.69, 9.17) is 0 Å². The number of carbonyl (C=O) groups is 1. The lowest BCUT2D eigenvalue weighted by Crippen LogP contribution is -1.97. The summed E-state index contributed by atoms with van der Waals surface area (Å²) in [4.78, 5) is 11.8. The number of aromatic nitrogens is 3. The van der Waals surface area contributed by atoms with Crippen LogP contribution in [-0.2, 0) is 0 Å². The third kappa shape index (κ3) is 2.88. The molecule has 1 N–H and O–H groups in total. The molecule has 0 bridgehead atoms. The fourth-order valence-corrected chi connectivity index (χ4v) is 1.80. The van der Waals surface area contributed by atoms with Crippen LogP contribution in [0.2, 0.25) is 0 Å². The number of benzene rings is 1. The fraction of sp³-hybridized carbons (Fsp3) is 0.0833. The molecule has 2 rings (SSSR count). The number of nitrogens with one attached hydrogen (secondary N) is 1. The molecule has 86 valence electrons. The second kappa shape index (κ2) is 5.05. The fourth-order valence-electron chi connectivity index (χ4n) is 1.38. The van der Waals surface area contributed by atoms with E-state index in [-0.39, 0.29) is 5.78 Å². The molecule has 2 aromatic rings. The Bertz CT molecular complexity index is 575. The Morgan fingerprint density at radius 3 is 2.88 bits per heavy atom. The highest BCUT2D eigenvalue weighted by Crippen LogP contribution is 2.13. The highest BCUT2D eigenvalue weighted by molar-refractivity contribution is 9.10. The molecule has 0 saturated carbocycles. The Labute approximate surface area is 107 Å². The Hall–Kier alpha value is -1.75. The largest absolute Gasteiger partial charge is 0.287 e. The molecule has 1 aromatic carbocycles. The topological polar surface area (TPSA) is 58.6 Å². The zero-order valence-electron chi connectivity index (χ0n) is 9.14. The van der Waals surface area contributed by atoms with Crippen molar-refractivity contribution >= 4 is 27.8 Å². The summed E-state index contributed by atoms with van der Waals surface area (Å²) in [6, 6.07) is 7.69. The summed E-state index contributed by atoms with van der Waals surface area (Å²) in [6.45, 7) is 1.74. The van der Waals surface area contributed by atoms with E-state index in [0.717, 1.165) is 10.0 Å². The van der Waals surface area contributed by atoms with E-state index in [1.165, 1.54) is 6.08 Å². The molecular formula is C12H10BrN3O. The van der Waals surface area contributed by atoms with Crippen molar-refractivity contribution in [2.24, 2.45) is 0 Å². The lowest BCUT2D eigenvalue weighted by atomic mass is 10.1. The molecule has 5 heteroatoms. The molecule has 17 heavy (non-hydrogen) atoms. The van der Waals surface area contributed by atoms with E-state index < -0.39 is 0 Å². The van der Waals surface area contributed by atoms with Crippen molar-refractivity contribution in [1.29, 1.82) is 0 Å². The van der Waals surface area contributed by atoms with Crippen LogP contribution in [0.5, 0.6) is 0 Å². The summed E-state index contributed by atoms with van der Waals surface area (Å²) >= 11 is 3.37. The van der Waals surface area contributed by atoms with Gasteiger partial charge in [-0.25, -0.2) is 0 Å². The Morgan fingerprint density at radius 2 is 2.24 bits per heavy atom. The normalized spacial score (nSPS) is 10.9. The average molecular weight is 292 g/mol. The monoisotopic (exact) mass is 291 g/mol. The van der Waals surface area contributed by atoms with E-state index >= 15 is 0 Å². The molecule has 0 radical (unpaired) electrons. The van der Waals surface area contributed by atoms with Crippen LogP contribution < -0.4 is 0 Å². The summed E-state index contributed by atoms with van der Waals surface area (Å²) in [6.07, 6.45) is 3.24. The predicted molar refractivity (Wildman–Crippen MR) is 68.6 cm³/mol. The highest BCUT2D eigenvalue weighted by atomic mass is 79.9. The van der Waals surface area contributed by atoms with Crippen LogP contribution >= 0.6 is 15.9 Å². The number of allylic oxidation sites excluding steroid dienone is 1. The molecule has 4 nitrogen and oxygen atoms in total. The minimum absolute atomic E-state index is 0.156. The molecule has 0 amide bonds. The number of aryl methyl sites for hydroxylation is 1. The zero-order chi connectivity index (χ0) is 12.3. The summed E-state index contributed by atoms with van der Waals surface area (Å²) in [7, 11) is 0. The van der Waals surface area contributed by atoms with Gasteiger partial charge in [0.2, 0.25) is 5.78 Å². The first-order valence-corrected chi connectivity index (χ1v) is 5.81. The SMILES string of the molecule is Cc1n[nH]nc1C(=O)/C=C/c1cccc(Br)c1. The number of H-pyrrole nitrogens is 1. The second-order valence-corrected chi connectivity index (χ2v) is 4.43. The number of rotatable bonds is 3. The van der Waals surface area contributed by atoms with Crippen LogP contribution in [-0.4, -0.2) is 21.2 Å². The molecule has 0 fully saturated rings. The van der Waals surface area contributed by atoms with Gasteiger partial charge in [0, 0.05) is 4.47 Å². The third-order valence-electron chi connectivity index (χ3n) is 2.23. The maximum absolute atomic E-state index is 11.8. The van der Waals surface area contributed by atoms with Crippen LogP contribution in [0.1, 0.15) is 21.7 Å². The van der Waals surface area contributed by atoms with Crippen molar-refractivity contribution in [2.75, 3.05) is 0 Å². The number of halogens is 1. The van der Waals surface area contributed by atoms with Crippen molar-refractivity contribution in [3.8, 4) is 0 Å². The minimum Gasteiger partial charge on any atom is -0.287 e. The molecule has 0 aliphatic heterocycles. The predicted octanol–water partition coefficient (Wildman–Crippen LogP) is 2.77. The molecular weight excluding hydrogens is 282 g/mol. The van der Waals surface area contributed by atoms with E-state index in [1.807, 2.05) is 24.3 Å². The van der Waals surface area contributed by atoms with E-state index in [2.05, 4.69) is 31.3 Å². The van der Waals surface area contributed by atoms with Gasteiger partial charge in [0.25, 0.3) is 0 Å². The summed E-state index contributed by atoms with van der Waals surface area (Å²) in [5, 5.41) is 10.0. The number of ketones is 1. The first kappa shape index (κ1) is 11.7. The Morgan fingerprint density at radius 1 is 1.41 bits per heavy atom. The molecule has 0 saturated heterocycles. The van der Waals surface area contributed by atoms with Gasteiger partial charge < -0.3 is 0 Å². The van der Waals surface area contributed by atoms with Crippen LogP contribution in [0.15, 0.2) is 34.8 Å². The van der Waals surface area contributed by atoms with Gasteiger partial charge in [0.15, 0.2) is 5.69 Å². The van der Waals surface area contributed by atoms with Gasteiger partial charge in [-0.2, -0.15) is 15.4 Å². The van der Waals surface area contributed by atoms with Crippen LogP contribution in [0, 0.1) is 6.92 Å². The average Bonchev–Trinajstić information content (AvgIpc) is 2.72. The van der Waals surface area contributed by atoms with Crippen molar-refractivity contribution in [3.63, 3.8) is 0 Å². The summed E-state index contributed by atoms with van der Waals surface area (Å²) in [5.74, 6) is -0.156. The van der Waals surface area contributed by atoms with Crippen molar-refractivity contribution in [1.82, 2.24) is 15.4 Å². The highest BCUT2D eigenvalue weighted by Gasteiger charge is 2.09. The van der Waals surface area contributed by atoms with E-state index in [9.17, 15) is 4.79 Å². The second-order valence-electron chi connectivity index (χ2n) is 3.51. The van der Waals surface area contributed by atoms with E-state index in [1.54, 1.807) is 13.0 Å². The zero-order valence-corrected chi connectivity index (χ0v) is 10.7. The standard InChI is InChI=1S/C12H10BrN3O/c1-8-12(15-16-14-8)11(17)6-5-9-3-2-4-10(13)7-9/h2-7H,1H3,(H,14,15,16)/b6-5+. The molecule has 0 unspecified atom stereocenters. The first-order chi connectivity index (χ1) is 8.16. The molecule has 1 aromatic heterocycles. The number of hydrogen-bond acceptors (Lipinski definition) is 3. The lowest BCUT2D eigenvalue weighted by Gasteiger charge is -1.94. The number of nitrogens with zero attached hydrogens (tertiary/aromatic N) is 2. The number of carbonyl (C=O) groups excluding carboxylic acids is 1. The summed E-state index contributed by atoms with van der Waals surface area (Å²) < 4.78 is 0.977. The first-order valence-electron chi connectivity index (χ1n) is 5.02. The van der Waals surface area contributed by atoms with Gasteiger partial charge in [-0.3, -0.25) is 4.79 Å². The van der Waals surface area contributed by atoms with Crippen LogP contribution in [0.3, 0.4) is 0 Å². The van der Waals surface area contributed by atoms with Gasteiger partial charge in [0.1, 0.15) is 0 Å².